The third kappa shape index (κ3) is 5.04. The second-order valence-electron chi connectivity index (χ2n) is 8.00. The van der Waals surface area contributed by atoms with Crippen LogP contribution in [-0.4, -0.2) is 32.4 Å². The molecule has 0 fully saturated rings. The number of nitrogens with one attached hydrogen (secondary N) is 1. The Labute approximate surface area is 204 Å². The van der Waals surface area contributed by atoms with E-state index in [2.05, 4.69) is 5.32 Å². The molecule has 4 aromatic rings. The largest absolute Gasteiger partial charge is 0.478 e. The number of aromatic nitrogens is 2. The number of aromatic carboxylic acids is 1. The summed E-state index contributed by atoms with van der Waals surface area (Å²) in [5, 5.41) is 12.2. The summed E-state index contributed by atoms with van der Waals surface area (Å²) in [5.41, 5.74) is 1.38. The van der Waals surface area contributed by atoms with E-state index in [-0.39, 0.29) is 23.4 Å². The van der Waals surface area contributed by atoms with Gasteiger partial charge in [-0.3, -0.25) is 18.7 Å². The van der Waals surface area contributed by atoms with E-state index in [1.807, 2.05) is 30.5 Å². The van der Waals surface area contributed by atoms with Crippen LogP contribution in [0.5, 0.6) is 0 Å². The van der Waals surface area contributed by atoms with Gasteiger partial charge in [0.25, 0.3) is 11.5 Å². The lowest BCUT2D eigenvalue weighted by Gasteiger charge is -2.12. The van der Waals surface area contributed by atoms with Crippen LogP contribution in [0.3, 0.4) is 0 Å². The molecule has 178 valence electrons. The molecule has 0 bridgehead atoms. The quantitative estimate of drug-likeness (QED) is 0.386. The molecule has 0 aliphatic heterocycles. The zero-order valence-electron chi connectivity index (χ0n) is 19.1. The zero-order chi connectivity index (χ0) is 25.1. The van der Waals surface area contributed by atoms with Crippen molar-refractivity contribution in [2.75, 3.05) is 6.26 Å². The van der Waals surface area contributed by atoms with Crippen LogP contribution in [0.1, 0.15) is 31.8 Å². The van der Waals surface area contributed by atoms with Gasteiger partial charge >= 0.3 is 11.7 Å². The Balaban J connectivity index is 1.63. The van der Waals surface area contributed by atoms with Crippen LogP contribution in [0.25, 0.3) is 10.9 Å². The topological polar surface area (TPSA) is 110 Å². The molecule has 2 N–H and O–H groups in total. The predicted molar refractivity (Wildman–Crippen MR) is 135 cm³/mol. The number of benzene rings is 3. The Hall–Kier alpha value is -4.11. The Morgan fingerprint density at radius 3 is 2.17 bits per heavy atom. The number of carbonyl (C=O) groups excluding carboxylic acids is 1. The highest BCUT2D eigenvalue weighted by Gasteiger charge is 2.15. The molecule has 4 rings (SSSR count). The summed E-state index contributed by atoms with van der Waals surface area (Å²) < 4.78 is 2.43. The maximum absolute atomic E-state index is 13.2. The fourth-order valence-electron chi connectivity index (χ4n) is 3.76. The minimum absolute atomic E-state index is 0.0240. The van der Waals surface area contributed by atoms with Gasteiger partial charge in [0.05, 0.1) is 23.0 Å². The van der Waals surface area contributed by atoms with Crippen molar-refractivity contribution in [2.45, 2.75) is 18.0 Å². The summed E-state index contributed by atoms with van der Waals surface area (Å²) in [4.78, 5) is 51.0. The number of amides is 1. The number of rotatable bonds is 7. The first-order valence-electron chi connectivity index (χ1n) is 10.8. The van der Waals surface area contributed by atoms with Crippen molar-refractivity contribution in [3.05, 3.63) is 110 Å². The van der Waals surface area contributed by atoms with Crippen molar-refractivity contribution in [1.82, 2.24) is 14.5 Å². The van der Waals surface area contributed by atoms with Gasteiger partial charge in [-0.25, -0.2) is 9.59 Å². The van der Waals surface area contributed by atoms with Gasteiger partial charge in [-0.05, 0) is 59.8 Å². The van der Waals surface area contributed by atoms with Crippen molar-refractivity contribution in [3.8, 4) is 0 Å². The van der Waals surface area contributed by atoms with E-state index in [4.69, 9.17) is 5.11 Å². The number of carbonyl (C=O) groups is 2. The van der Waals surface area contributed by atoms with Crippen molar-refractivity contribution < 1.29 is 14.7 Å². The molecule has 0 saturated carbocycles. The van der Waals surface area contributed by atoms with Gasteiger partial charge in [-0.1, -0.05) is 24.3 Å². The maximum Gasteiger partial charge on any atom is 0.335 e. The van der Waals surface area contributed by atoms with E-state index in [9.17, 15) is 19.2 Å². The van der Waals surface area contributed by atoms with Crippen LogP contribution >= 0.6 is 11.8 Å². The Morgan fingerprint density at radius 2 is 1.54 bits per heavy atom. The molecule has 9 heteroatoms. The Morgan fingerprint density at radius 1 is 0.914 bits per heavy atom. The molecule has 0 radical (unpaired) electrons. The lowest BCUT2D eigenvalue weighted by molar-refractivity contribution is 0.0696. The van der Waals surface area contributed by atoms with Gasteiger partial charge in [0.2, 0.25) is 0 Å². The SMILES string of the molecule is CSc1ccc(CNC(=O)c2ccc3c(c2)c(=O)n(Cc2ccc(C(=O)O)cc2)c(=O)n3C)cc1. The van der Waals surface area contributed by atoms with E-state index >= 15 is 0 Å². The van der Waals surface area contributed by atoms with Gasteiger partial charge in [0, 0.05) is 24.1 Å². The Kier molecular flexibility index (Phi) is 6.88. The summed E-state index contributed by atoms with van der Waals surface area (Å²) in [5.74, 6) is -1.39. The van der Waals surface area contributed by atoms with E-state index in [0.717, 1.165) is 15.0 Å². The highest BCUT2D eigenvalue weighted by atomic mass is 32.2. The number of hydrogen-bond acceptors (Lipinski definition) is 5. The lowest BCUT2D eigenvalue weighted by atomic mass is 10.1. The molecule has 0 unspecified atom stereocenters. The molecular formula is C26H23N3O5S. The van der Waals surface area contributed by atoms with Gasteiger partial charge in [-0.2, -0.15) is 0 Å². The molecule has 0 aliphatic carbocycles. The fraction of sp³-hybridized carbons (Fsp3) is 0.154. The minimum atomic E-state index is -1.06. The number of thioether (sulfide) groups is 1. The minimum Gasteiger partial charge on any atom is -0.478 e. The number of aryl methyl sites for hydroxylation is 1. The first-order valence-corrected chi connectivity index (χ1v) is 12.0. The number of carboxylic acid groups (broad SMARTS) is 1. The average Bonchev–Trinajstić information content (AvgIpc) is 2.88. The molecule has 35 heavy (non-hydrogen) atoms. The fourth-order valence-corrected chi connectivity index (χ4v) is 4.17. The van der Waals surface area contributed by atoms with Crippen molar-refractivity contribution in [3.63, 3.8) is 0 Å². The van der Waals surface area contributed by atoms with Gasteiger partial charge in [-0.15, -0.1) is 11.8 Å². The number of fused-ring (bicyclic) bond motifs is 1. The molecule has 3 aromatic carbocycles. The highest BCUT2D eigenvalue weighted by molar-refractivity contribution is 7.98. The van der Waals surface area contributed by atoms with E-state index in [1.54, 1.807) is 43.1 Å². The number of nitrogens with zero attached hydrogens (tertiary/aromatic N) is 2. The second-order valence-corrected chi connectivity index (χ2v) is 8.88. The number of carboxylic acids is 1. The van der Waals surface area contributed by atoms with Gasteiger partial charge in [0.1, 0.15) is 0 Å². The van der Waals surface area contributed by atoms with Crippen LogP contribution < -0.4 is 16.6 Å². The molecule has 0 saturated heterocycles. The normalized spacial score (nSPS) is 10.9. The second kappa shape index (κ2) is 10.0. The zero-order valence-corrected chi connectivity index (χ0v) is 20.0. The smallest absolute Gasteiger partial charge is 0.335 e. The summed E-state index contributed by atoms with van der Waals surface area (Å²) in [6, 6.07) is 18.5. The monoisotopic (exact) mass is 489 g/mol. The molecule has 8 nitrogen and oxygen atoms in total. The molecule has 1 amide bonds. The van der Waals surface area contributed by atoms with Crippen LogP contribution in [-0.2, 0) is 20.1 Å². The van der Waals surface area contributed by atoms with E-state index in [0.29, 0.717) is 23.2 Å². The standard InChI is InChI=1S/C26H23N3O5S/c1-28-22-12-9-19(23(30)27-14-16-5-10-20(35-2)11-6-16)13-21(22)24(31)29(26(28)34)15-17-3-7-18(8-4-17)25(32)33/h3-13H,14-15H2,1-2H3,(H,27,30)(H,32,33). The van der Waals surface area contributed by atoms with Crippen molar-refractivity contribution in [2.24, 2.45) is 7.05 Å². The summed E-state index contributed by atoms with van der Waals surface area (Å²) in [6.07, 6.45) is 2.00. The summed E-state index contributed by atoms with van der Waals surface area (Å²) in [7, 11) is 1.56. The summed E-state index contributed by atoms with van der Waals surface area (Å²) in [6.45, 7) is 0.319. The van der Waals surface area contributed by atoms with Crippen LogP contribution in [0, 0.1) is 0 Å². The first-order chi connectivity index (χ1) is 16.8. The predicted octanol–water partition coefficient (Wildman–Crippen LogP) is 3.10. The molecule has 0 spiro atoms. The molecule has 1 heterocycles. The third-order valence-electron chi connectivity index (χ3n) is 5.77. The van der Waals surface area contributed by atoms with Crippen molar-refractivity contribution in [1.29, 1.82) is 0 Å². The van der Waals surface area contributed by atoms with Gasteiger partial charge in [0.15, 0.2) is 0 Å². The van der Waals surface area contributed by atoms with Gasteiger partial charge < -0.3 is 10.4 Å². The maximum atomic E-state index is 13.2. The molecular weight excluding hydrogens is 466 g/mol. The molecule has 0 aliphatic rings. The number of hydrogen-bond donors (Lipinski definition) is 2. The molecule has 1 aromatic heterocycles. The van der Waals surface area contributed by atoms with E-state index in [1.165, 1.54) is 22.8 Å². The average molecular weight is 490 g/mol. The van der Waals surface area contributed by atoms with Crippen LogP contribution in [0.2, 0.25) is 0 Å². The van der Waals surface area contributed by atoms with Crippen LogP contribution in [0.15, 0.2) is 81.2 Å². The third-order valence-corrected chi connectivity index (χ3v) is 6.51. The Bertz CT molecular complexity index is 1540. The first kappa shape index (κ1) is 24.0. The molecule has 0 atom stereocenters. The van der Waals surface area contributed by atoms with Crippen LogP contribution in [0.4, 0.5) is 0 Å². The summed E-state index contributed by atoms with van der Waals surface area (Å²) >= 11 is 1.64. The highest BCUT2D eigenvalue weighted by Crippen LogP contribution is 2.15. The van der Waals surface area contributed by atoms with E-state index < -0.39 is 17.2 Å². The lowest BCUT2D eigenvalue weighted by Crippen LogP contribution is -2.39. The van der Waals surface area contributed by atoms with Crippen molar-refractivity contribution >= 4 is 34.5 Å².